The van der Waals surface area contributed by atoms with Crippen molar-refractivity contribution < 1.29 is 4.74 Å². The fraction of sp³-hybridized carbons (Fsp3) is 0.316. The molecule has 1 aliphatic rings. The number of imidazole rings is 1. The van der Waals surface area contributed by atoms with Crippen LogP contribution in [0.3, 0.4) is 0 Å². The van der Waals surface area contributed by atoms with Gasteiger partial charge in [-0.25, -0.2) is 4.98 Å². The Morgan fingerprint density at radius 2 is 2.00 bits per heavy atom. The van der Waals surface area contributed by atoms with Crippen molar-refractivity contribution in [1.29, 1.82) is 0 Å². The SMILES string of the molecule is COc1ccc(-c2cn3ccc(N4CCC(C)C4)cc3n2)cc1. The van der Waals surface area contributed by atoms with E-state index in [9.17, 15) is 0 Å². The molecule has 0 amide bonds. The quantitative estimate of drug-likeness (QED) is 0.736. The van der Waals surface area contributed by atoms with Gasteiger partial charge in [0.2, 0.25) is 0 Å². The molecule has 3 heterocycles. The minimum absolute atomic E-state index is 0.779. The molecule has 1 aliphatic heterocycles. The van der Waals surface area contributed by atoms with E-state index in [1.54, 1.807) is 7.11 Å². The standard InChI is InChI=1S/C19H21N3O/c1-14-7-9-21(12-14)16-8-10-22-13-18(20-19(22)11-16)15-3-5-17(23-2)6-4-15/h3-6,8,10-11,13-14H,7,9,12H2,1-2H3. The van der Waals surface area contributed by atoms with Gasteiger partial charge in [0.25, 0.3) is 0 Å². The molecule has 1 saturated heterocycles. The van der Waals surface area contributed by atoms with Crippen molar-refractivity contribution in [2.24, 2.45) is 5.92 Å². The highest BCUT2D eigenvalue weighted by molar-refractivity contribution is 5.66. The summed E-state index contributed by atoms with van der Waals surface area (Å²) in [7, 11) is 1.68. The average Bonchev–Trinajstić information content (AvgIpc) is 3.20. The van der Waals surface area contributed by atoms with Gasteiger partial charge >= 0.3 is 0 Å². The zero-order chi connectivity index (χ0) is 15.8. The molecule has 23 heavy (non-hydrogen) atoms. The van der Waals surface area contributed by atoms with Crippen LogP contribution in [0, 0.1) is 5.92 Å². The summed E-state index contributed by atoms with van der Waals surface area (Å²) in [6, 6.07) is 12.4. The Kier molecular flexibility index (Phi) is 3.45. The Bertz CT molecular complexity index is 822. The van der Waals surface area contributed by atoms with Crippen LogP contribution in [0.5, 0.6) is 5.75 Å². The Balaban J connectivity index is 1.67. The number of hydrogen-bond acceptors (Lipinski definition) is 3. The van der Waals surface area contributed by atoms with E-state index in [-0.39, 0.29) is 0 Å². The lowest BCUT2D eigenvalue weighted by molar-refractivity contribution is 0.415. The van der Waals surface area contributed by atoms with Gasteiger partial charge in [0, 0.05) is 42.8 Å². The molecular formula is C19H21N3O. The highest BCUT2D eigenvalue weighted by Crippen LogP contribution is 2.26. The van der Waals surface area contributed by atoms with Crippen LogP contribution in [0.2, 0.25) is 0 Å². The van der Waals surface area contributed by atoms with Crippen molar-refractivity contribution in [3.63, 3.8) is 0 Å². The first-order valence-corrected chi connectivity index (χ1v) is 8.11. The first kappa shape index (κ1) is 14.1. The van der Waals surface area contributed by atoms with Gasteiger partial charge < -0.3 is 14.0 Å². The maximum atomic E-state index is 5.21. The third-order valence-electron chi connectivity index (χ3n) is 4.62. The molecule has 3 aromatic rings. The van der Waals surface area contributed by atoms with E-state index in [4.69, 9.17) is 9.72 Å². The second-order valence-corrected chi connectivity index (χ2v) is 6.34. The van der Waals surface area contributed by atoms with Crippen molar-refractivity contribution in [1.82, 2.24) is 9.38 Å². The molecule has 118 valence electrons. The number of fused-ring (bicyclic) bond motifs is 1. The topological polar surface area (TPSA) is 29.8 Å². The van der Waals surface area contributed by atoms with Crippen molar-refractivity contribution in [3.8, 4) is 17.0 Å². The fourth-order valence-corrected chi connectivity index (χ4v) is 3.24. The molecule has 0 radical (unpaired) electrons. The molecule has 0 aliphatic carbocycles. The van der Waals surface area contributed by atoms with Crippen molar-refractivity contribution >= 4 is 11.3 Å². The van der Waals surface area contributed by atoms with Gasteiger partial charge in [-0.2, -0.15) is 0 Å². The van der Waals surface area contributed by atoms with Crippen molar-refractivity contribution in [3.05, 3.63) is 48.8 Å². The molecule has 0 spiro atoms. The molecule has 0 N–H and O–H groups in total. The van der Waals surface area contributed by atoms with Gasteiger partial charge in [0.05, 0.1) is 12.8 Å². The zero-order valence-electron chi connectivity index (χ0n) is 13.6. The molecule has 2 aromatic heterocycles. The second kappa shape index (κ2) is 5.61. The summed E-state index contributed by atoms with van der Waals surface area (Å²) in [6.07, 6.45) is 5.46. The normalized spacial score (nSPS) is 17.8. The predicted molar refractivity (Wildman–Crippen MR) is 93.2 cm³/mol. The van der Waals surface area contributed by atoms with Crippen LogP contribution in [0.1, 0.15) is 13.3 Å². The summed E-state index contributed by atoms with van der Waals surface area (Å²) in [5.74, 6) is 1.64. The number of hydrogen-bond donors (Lipinski definition) is 0. The first-order valence-electron chi connectivity index (χ1n) is 8.11. The molecule has 1 unspecified atom stereocenters. The first-order chi connectivity index (χ1) is 11.2. The van der Waals surface area contributed by atoms with Crippen LogP contribution in [-0.4, -0.2) is 29.6 Å². The molecule has 1 aromatic carbocycles. The molecule has 4 rings (SSSR count). The molecule has 1 fully saturated rings. The van der Waals surface area contributed by atoms with Crippen molar-refractivity contribution in [2.45, 2.75) is 13.3 Å². The van der Waals surface area contributed by atoms with Crippen LogP contribution in [-0.2, 0) is 0 Å². The summed E-state index contributed by atoms with van der Waals surface area (Å²) < 4.78 is 7.30. The van der Waals surface area contributed by atoms with Gasteiger partial charge in [-0.3, -0.25) is 0 Å². The van der Waals surface area contributed by atoms with E-state index in [1.807, 2.05) is 24.3 Å². The summed E-state index contributed by atoms with van der Waals surface area (Å²) >= 11 is 0. The lowest BCUT2D eigenvalue weighted by Crippen LogP contribution is -2.18. The van der Waals surface area contributed by atoms with E-state index < -0.39 is 0 Å². The second-order valence-electron chi connectivity index (χ2n) is 6.34. The van der Waals surface area contributed by atoms with Crippen LogP contribution in [0.25, 0.3) is 16.9 Å². The van der Waals surface area contributed by atoms with Crippen LogP contribution in [0.4, 0.5) is 5.69 Å². The summed E-state index contributed by atoms with van der Waals surface area (Å²) in [5, 5.41) is 0. The highest BCUT2D eigenvalue weighted by Gasteiger charge is 2.19. The minimum atomic E-state index is 0.779. The number of anilines is 1. The van der Waals surface area contributed by atoms with Crippen LogP contribution < -0.4 is 9.64 Å². The predicted octanol–water partition coefficient (Wildman–Crippen LogP) is 3.86. The van der Waals surface area contributed by atoms with E-state index in [2.05, 4.69) is 40.8 Å². The Morgan fingerprint density at radius 1 is 1.17 bits per heavy atom. The van der Waals surface area contributed by atoms with E-state index in [0.717, 1.165) is 41.7 Å². The van der Waals surface area contributed by atoms with Gasteiger partial charge in [-0.15, -0.1) is 0 Å². The highest BCUT2D eigenvalue weighted by atomic mass is 16.5. The van der Waals surface area contributed by atoms with Gasteiger partial charge in [0.1, 0.15) is 11.4 Å². The summed E-state index contributed by atoms with van der Waals surface area (Å²) in [4.78, 5) is 7.24. The van der Waals surface area contributed by atoms with Crippen LogP contribution >= 0.6 is 0 Å². The number of ether oxygens (including phenoxy) is 1. The number of rotatable bonds is 3. The fourth-order valence-electron chi connectivity index (χ4n) is 3.24. The maximum absolute atomic E-state index is 5.21. The molecule has 0 saturated carbocycles. The number of methoxy groups -OCH3 is 1. The number of benzene rings is 1. The van der Waals surface area contributed by atoms with E-state index >= 15 is 0 Å². The summed E-state index contributed by atoms with van der Waals surface area (Å²) in [5.41, 5.74) is 4.35. The smallest absolute Gasteiger partial charge is 0.139 e. The third kappa shape index (κ3) is 2.65. The van der Waals surface area contributed by atoms with Gasteiger partial charge in [0.15, 0.2) is 0 Å². The van der Waals surface area contributed by atoms with Crippen molar-refractivity contribution in [2.75, 3.05) is 25.1 Å². The van der Waals surface area contributed by atoms with Gasteiger partial charge in [-0.1, -0.05) is 6.92 Å². The molecule has 1 atom stereocenters. The molecule has 4 nitrogen and oxygen atoms in total. The third-order valence-corrected chi connectivity index (χ3v) is 4.62. The average molecular weight is 307 g/mol. The van der Waals surface area contributed by atoms with Crippen LogP contribution in [0.15, 0.2) is 48.8 Å². The largest absolute Gasteiger partial charge is 0.497 e. The molecule has 4 heteroatoms. The monoisotopic (exact) mass is 307 g/mol. The lowest BCUT2D eigenvalue weighted by atomic mass is 10.2. The maximum Gasteiger partial charge on any atom is 0.139 e. The molecular weight excluding hydrogens is 286 g/mol. The number of aromatic nitrogens is 2. The van der Waals surface area contributed by atoms with E-state index in [1.165, 1.54) is 12.1 Å². The number of pyridine rings is 1. The number of nitrogens with zero attached hydrogens (tertiary/aromatic N) is 3. The Hall–Kier alpha value is -2.49. The lowest BCUT2D eigenvalue weighted by Gasteiger charge is -2.17. The zero-order valence-corrected chi connectivity index (χ0v) is 13.6. The Morgan fingerprint density at radius 3 is 2.70 bits per heavy atom. The van der Waals surface area contributed by atoms with E-state index in [0.29, 0.717) is 0 Å². The van der Waals surface area contributed by atoms with Gasteiger partial charge in [-0.05, 0) is 42.7 Å². The minimum Gasteiger partial charge on any atom is -0.497 e. The molecule has 0 bridgehead atoms. The Labute approximate surface area is 136 Å². The summed E-state index contributed by atoms with van der Waals surface area (Å²) in [6.45, 7) is 4.60.